The number of nitrogens with zero attached hydrogens (tertiary/aromatic N) is 3. The van der Waals surface area contributed by atoms with E-state index >= 15 is 0 Å². The zero-order valence-electron chi connectivity index (χ0n) is 16.5. The van der Waals surface area contributed by atoms with Gasteiger partial charge in [-0.15, -0.1) is 0 Å². The van der Waals surface area contributed by atoms with E-state index in [0.717, 1.165) is 25.7 Å². The summed E-state index contributed by atoms with van der Waals surface area (Å²) in [5.41, 5.74) is -0.925. The number of amides is 1. The van der Waals surface area contributed by atoms with Gasteiger partial charge in [-0.3, -0.25) is 23.5 Å². The molecule has 1 aromatic carbocycles. The minimum Gasteiger partial charge on any atom is -0.492 e. The molecule has 1 aliphatic carbocycles. The highest BCUT2D eigenvalue weighted by Crippen LogP contribution is 2.22. The van der Waals surface area contributed by atoms with Crippen LogP contribution < -0.4 is 15.9 Å². The Morgan fingerprint density at radius 1 is 1.11 bits per heavy atom. The third-order valence-electron chi connectivity index (χ3n) is 5.30. The first-order valence-electron chi connectivity index (χ1n) is 9.83. The standard InChI is InChI=1S/C21H27N3O4/c1-3-28-18-12-8-7-11-17(18)24-14-13-23(20(26)21(24)27)15-19(25)22(2)16-9-5-4-6-10-16/h7-8,11-14,16H,3-6,9-10,15H2,1-2H3. The molecule has 0 saturated heterocycles. The number of carbonyl (C=O) groups is 1. The van der Waals surface area contributed by atoms with Crippen LogP contribution in [0.1, 0.15) is 39.0 Å². The van der Waals surface area contributed by atoms with Crippen LogP contribution in [-0.2, 0) is 11.3 Å². The second kappa shape index (κ2) is 8.91. The molecule has 0 aliphatic heterocycles. The number of hydrogen-bond acceptors (Lipinski definition) is 4. The van der Waals surface area contributed by atoms with E-state index in [4.69, 9.17) is 4.74 Å². The smallest absolute Gasteiger partial charge is 0.321 e. The lowest BCUT2D eigenvalue weighted by Crippen LogP contribution is -2.45. The highest BCUT2D eigenvalue weighted by molar-refractivity contribution is 5.76. The van der Waals surface area contributed by atoms with Crippen LogP contribution in [0.25, 0.3) is 5.69 Å². The Labute approximate surface area is 164 Å². The number of likely N-dealkylation sites (N-methyl/N-ethyl adjacent to an activating group) is 1. The molecule has 7 nitrogen and oxygen atoms in total. The Bertz CT molecular complexity index is 941. The van der Waals surface area contributed by atoms with Crippen LogP contribution in [0.5, 0.6) is 5.75 Å². The van der Waals surface area contributed by atoms with Crippen LogP contribution in [0.2, 0.25) is 0 Å². The first-order chi connectivity index (χ1) is 13.5. The number of benzene rings is 1. The van der Waals surface area contributed by atoms with E-state index in [9.17, 15) is 14.4 Å². The number of aromatic nitrogens is 2. The van der Waals surface area contributed by atoms with Crippen molar-refractivity contribution in [2.24, 2.45) is 0 Å². The molecule has 0 bridgehead atoms. The van der Waals surface area contributed by atoms with E-state index in [0.29, 0.717) is 18.0 Å². The molecule has 2 aromatic rings. The molecule has 1 aromatic heterocycles. The van der Waals surface area contributed by atoms with Crippen molar-refractivity contribution in [2.75, 3.05) is 13.7 Å². The van der Waals surface area contributed by atoms with Crippen molar-refractivity contribution in [2.45, 2.75) is 51.6 Å². The van der Waals surface area contributed by atoms with Gasteiger partial charge < -0.3 is 9.64 Å². The lowest BCUT2D eigenvalue weighted by Gasteiger charge is -2.31. The van der Waals surface area contributed by atoms with Crippen molar-refractivity contribution in [3.63, 3.8) is 0 Å². The molecule has 28 heavy (non-hydrogen) atoms. The normalized spacial score (nSPS) is 14.6. The fourth-order valence-corrected chi connectivity index (χ4v) is 3.69. The fraction of sp³-hybridized carbons (Fsp3) is 0.476. The van der Waals surface area contributed by atoms with Gasteiger partial charge in [0, 0.05) is 25.5 Å². The zero-order valence-corrected chi connectivity index (χ0v) is 16.5. The zero-order chi connectivity index (χ0) is 20.1. The Kier molecular flexibility index (Phi) is 6.34. The lowest BCUT2D eigenvalue weighted by atomic mass is 9.94. The SMILES string of the molecule is CCOc1ccccc1-n1ccn(CC(=O)N(C)C2CCCCC2)c(=O)c1=O. The molecular weight excluding hydrogens is 358 g/mol. The second-order valence-corrected chi connectivity index (χ2v) is 7.10. The van der Waals surface area contributed by atoms with Gasteiger partial charge in [-0.05, 0) is 31.9 Å². The van der Waals surface area contributed by atoms with Gasteiger partial charge in [-0.2, -0.15) is 0 Å². The van der Waals surface area contributed by atoms with Crippen LogP contribution in [-0.4, -0.2) is 39.6 Å². The van der Waals surface area contributed by atoms with Crippen LogP contribution in [0.15, 0.2) is 46.2 Å². The average molecular weight is 385 g/mol. The Balaban J connectivity index is 1.84. The molecule has 0 N–H and O–H groups in total. The quantitative estimate of drug-likeness (QED) is 0.715. The molecule has 0 radical (unpaired) electrons. The lowest BCUT2D eigenvalue weighted by molar-refractivity contribution is -0.133. The molecule has 1 aliphatic rings. The summed E-state index contributed by atoms with van der Waals surface area (Å²) in [6.07, 6.45) is 8.43. The molecule has 150 valence electrons. The molecule has 0 unspecified atom stereocenters. The van der Waals surface area contributed by atoms with Crippen molar-refractivity contribution in [1.82, 2.24) is 14.0 Å². The van der Waals surface area contributed by atoms with Gasteiger partial charge in [-0.25, -0.2) is 0 Å². The van der Waals surface area contributed by atoms with E-state index in [1.54, 1.807) is 36.2 Å². The predicted molar refractivity (Wildman–Crippen MR) is 107 cm³/mol. The molecular formula is C21H27N3O4. The van der Waals surface area contributed by atoms with Crippen LogP contribution in [0.3, 0.4) is 0 Å². The number of rotatable bonds is 6. The van der Waals surface area contributed by atoms with E-state index in [1.807, 2.05) is 6.92 Å². The van der Waals surface area contributed by atoms with Gasteiger partial charge in [0.1, 0.15) is 12.3 Å². The van der Waals surface area contributed by atoms with Gasteiger partial charge in [-0.1, -0.05) is 31.4 Å². The van der Waals surface area contributed by atoms with E-state index in [-0.39, 0.29) is 18.5 Å². The van der Waals surface area contributed by atoms with Gasteiger partial charge in [0.25, 0.3) is 0 Å². The Morgan fingerprint density at radius 2 is 1.82 bits per heavy atom. The number of carbonyl (C=O) groups excluding carboxylic acids is 1. The first kappa shape index (κ1) is 19.9. The number of hydrogen-bond donors (Lipinski definition) is 0. The summed E-state index contributed by atoms with van der Waals surface area (Å²) in [6, 6.07) is 7.27. The summed E-state index contributed by atoms with van der Waals surface area (Å²) in [4.78, 5) is 39.6. The highest BCUT2D eigenvalue weighted by atomic mass is 16.5. The minimum absolute atomic E-state index is 0.130. The Morgan fingerprint density at radius 3 is 2.54 bits per heavy atom. The van der Waals surface area contributed by atoms with Crippen molar-refractivity contribution in [3.8, 4) is 11.4 Å². The van der Waals surface area contributed by atoms with Gasteiger partial charge >= 0.3 is 11.1 Å². The Hall–Kier alpha value is -2.83. The van der Waals surface area contributed by atoms with Crippen LogP contribution in [0.4, 0.5) is 0 Å². The summed E-state index contributed by atoms with van der Waals surface area (Å²) in [7, 11) is 1.78. The highest BCUT2D eigenvalue weighted by Gasteiger charge is 2.22. The monoisotopic (exact) mass is 385 g/mol. The third kappa shape index (κ3) is 4.18. The maximum atomic E-state index is 12.6. The first-order valence-corrected chi connectivity index (χ1v) is 9.83. The molecule has 1 fully saturated rings. The summed E-state index contributed by atoms with van der Waals surface area (Å²) in [6.45, 7) is 2.17. The topological polar surface area (TPSA) is 73.5 Å². The molecule has 3 rings (SSSR count). The number of para-hydroxylation sites is 2. The summed E-state index contributed by atoms with van der Waals surface area (Å²) >= 11 is 0. The maximum Gasteiger partial charge on any atom is 0.321 e. The van der Waals surface area contributed by atoms with Crippen molar-refractivity contribution < 1.29 is 9.53 Å². The largest absolute Gasteiger partial charge is 0.492 e. The van der Waals surface area contributed by atoms with E-state index in [2.05, 4.69) is 0 Å². The molecule has 0 atom stereocenters. The minimum atomic E-state index is -0.723. The van der Waals surface area contributed by atoms with Crippen molar-refractivity contribution in [1.29, 1.82) is 0 Å². The van der Waals surface area contributed by atoms with Crippen LogP contribution >= 0.6 is 0 Å². The predicted octanol–water partition coefficient (Wildman–Crippen LogP) is 2.19. The average Bonchev–Trinajstić information content (AvgIpc) is 2.72. The third-order valence-corrected chi connectivity index (χ3v) is 5.30. The van der Waals surface area contributed by atoms with Gasteiger partial charge in [0.2, 0.25) is 5.91 Å². The summed E-state index contributed by atoms with van der Waals surface area (Å²) < 4.78 is 8.00. The summed E-state index contributed by atoms with van der Waals surface area (Å²) in [5.74, 6) is 0.373. The van der Waals surface area contributed by atoms with E-state index in [1.165, 1.54) is 27.9 Å². The fourth-order valence-electron chi connectivity index (χ4n) is 3.69. The summed E-state index contributed by atoms with van der Waals surface area (Å²) in [5, 5.41) is 0. The second-order valence-electron chi connectivity index (χ2n) is 7.10. The molecule has 1 heterocycles. The van der Waals surface area contributed by atoms with Gasteiger partial charge in [0.05, 0.1) is 12.3 Å². The maximum absolute atomic E-state index is 12.6. The molecule has 1 saturated carbocycles. The number of ether oxygens (including phenoxy) is 1. The molecule has 1 amide bonds. The van der Waals surface area contributed by atoms with E-state index < -0.39 is 11.1 Å². The van der Waals surface area contributed by atoms with Crippen molar-refractivity contribution in [3.05, 3.63) is 57.4 Å². The van der Waals surface area contributed by atoms with Crippen molar-refractivity contribution >= 4 is 5.91 Å². The molecule has 7 heteroatoms. The van der Waals surface area contributed by atoms with Crippen LogP contribution in [0, 0.1) is 0 Å². The van der Waals surface area contributed by atoms with Gasteiger partial charge in [0.15, 0.2) is 0 Å². The molecule has 0 spiro atoms.